The number of carbonyl (C=O) groups is 1. The Labute approximate surface area is 118 Å². The van der Waals surface area contributed by atoms with E-state index in [9.17, 15) is 4.79 Å². The molecule has 2 heterocycles. The Hall–Kier alpha value is -1.73. The molecule has 1 aliphatic heterocycles. The Kier molecular flexibility index (Phi) is 4.86. The topological polar surface area (TPSA) is 70.6 Å². The number of hydrogen-bond donors (Lipinski definition) is 1. The second-order valence-electron chi connectivity index (χ2n) is 5.06. The van der Waals surface area contributed by atoms with Crippen LogP contribution in [0, 0.1) is 0 Å². The van der Waals surface area contributed by atoms with E-state index in [-0.39, 0.29) is 5.69 Å². The Morgan fingerprint density at radius 2 is 2.25 bits per heavy atom. The van der Waals surface area contributed by atoms with Gasteiger partial charge in [-0.3, -0.25) is 9.88 Å². The van der Waals surface area contributed by atoms with E-state index in [0.717, 1.165) is 26.2 Å². The fraction of sp³-hybridized carbons (Fsp3) is 0.615. The number of nitrogens with zero attached hydrogens (tertiary/aromatic N) is 4. The summed E-state index contributed by atoms with van der Waals surface area (Å²) in [5.41, 5.74) is 0.214. The molecule has 7 heteroatoms. The van der Waals surface area contributed by atoms with E-state index in [1.807, 2.05) is 0 Å². The number of piperazine rings is 1. The molecule has 0 amide bonds. The van der Waals surface area contributed by atoms with Crippen LogP contribution in [0.15, 0.2) is 12.4 Å². The number of carbonyl (C=O) groups excluding carboxylic acids is 1. The summed E-state index contributed by atoms with van der Waals surface area (Å²) in [6.45, 7) is 3.91. The minimum absolute atomic E-state index is 0.214. The molecular formula is C13H21N5O2. The minimum atomic E-state index is -0.476. The molecule has 7 nitrogen and oxygen atoms in total. The van der Waals surface area contributed by atoms with Gasteiger partial charge in [-0.2, -0.15) is 0 Å². The van der Waals surface area contributed by atoms with Crippen LogP contribution in [-0.4, -0.2) is 79.2 Å². The molecule has 0 radical (unpaired) electrons. The molecule has 1 saturated heterocycles. The average Bonchev–Trinajstić information content (AvgIpc) is 2.47. The SMILES string of the molecule is COC(=O)c1cncc(NCC2CN(C)CCN2C)n1. The first-order valence-corrected chi connectivity index (χ1v) is 6.63. The number of aromatic nitrogens is 2. The van der Waals surface area contributed by atoms with Crippen LogP contribution in [0.3, 0.4) is 0 Å². The van der Waals surface area contributed by atoms with E-state index < -0.39 is 5.97 Å². The predicted octanol–water partition coefficient (Wildman–Crippen LogP) is -0.0791. The van der Waals surface area contributed by atoms with Gasteiger partial charge in [0.15, 0.2) is 5.69 Å². The zero-order valence-electron chi connectivity index (χ0n) is 12.2. The van der Waals surface area contributed by atoms with Gasteiger partial charge in [0, 0.05) is 32.2 Å². The molecular weight excluding hydrogens is 258 g/mol. The summed E-state index contributed by atoms with van der Waals surface area (Å²) in [7, 11) is 5.57. The molecule has 1 atom stereocenters. The van der Waals surface area contributed by atoms with Gasteiger partial charge in [-0.15, -0.1) is 0 Å². The van der Waals surface area contributed by atoms with Gasteiger partial charge in [0.2, 0.25) is 0 Å². The van der Waals surface area contributed by atoms with Crippen LogP contribution in [0.4, 0.5) is 5.82 Å². The number of hydrogen-bond acceptors (Lipinski definition) is 7. The summed E-state index contributed by atoms with van der Waals surface area (Å²) in [5.74, 6) is 0.116. The lowest BCUT2D eigenvalue weighted by molar-refractivity contribution is 0.0593. The van der Waals surface area contributed by atoms with Crippen LogP contribution in [0.5, 0.6) is 0 Å². The van der Waals surface area contributed by atoms with Crippen LogP contribution in [0.25, 0.3) is 0 Å². The fourth-order valence-electron chi connectivity index (χ4n) is 2.20. The zero-order valence-corrected chi connectivity index (χ0v) is 12.2. The maximum Gasteiger partial charge on any atom is 0.358 e. The van der Waals surface area contributed by atoms with E-state index in [4.69, 9.17) is 0 Å². The van der Waals surface area contributed by atoms with Crippen molar-refractivity contribution in [2.75, 3.05) is 52.7 Å². The third kappa shape index (κ3) is 3.64. The van der Waals surface area contributed by atoms with Crippen LogP contribution in [0.1, 0.15) is 10.5 Å². The second kappa shape index (κ2) is 6.62. The lowest BCUT2D eigenvalue weighted by Crippen LogP contribution is -2.52. The quantitative estimate of drug-likeness (QED) is 0.773. The largest absolute Gasteiger partial charge is 0.464 e. The van der Waals surface area contributed by atoms with Crippen molar-refractivity contribution >= 4 is 11.8 Å². The van der Waals surface area contributed by atoms with Crippen LogP contribution in [0.2, 0.25) is 0 Å². The van der Waals surface area contributed by atoms with E-state index in [2.05, 4.69) is 43.9 Å². The second-order valence-corrected chi connectivity index (χ2v) is 5.06. The van der Waals surface area contributed by atoms with Gasteiger partial charge in [0.25, 0.3) is 0 Å². The van der Waals surface area contributed by atoms with Gasteiger partial charge in [-0.05, 0) is 14.1 Å². The van der Waals surface area contributed by atoms with Gasteiger partial charge in [-0.1, -0.05) is 0 Å². The Balaban J connectivity index is 1.95. The molecule has 20 heavy (non-hydrogen) atoms. The summed E-state index contributed by atoms with van der Waals surface area (Å²) < 4.78 is 4.63. The lowest BCUT2D eigenvalue weighted by Gasteiger charge is -2.37. The molecule has 2 rings (SSSR count). The molecule has 1 fully saturated rings. The lowest BCUT2D eigenvalue weighted by atomic mass is 10.2. The van der Waals surface area contributed by atoms with Crippen LogP contribution >= 0.6 is 0 Å². The first-order chi connectivity index (χ1) is 9.60. The van der Waals surface area contributed by atoms with Crippen LogP contribution in [-0.2, 0) is 4.74 Å². The van der Waals surface area contributed by atoms with Gasteiger partial charge >= 0.3 is 5.97 Å². The number of methoxy groups -OCH3 is 1. The molecule has 110 valence electrons. The van der Waals surface area contributed by atoms with Gasteiger partial charge in [0.05, 0.1) is 19.5 Å². The summed E-state index contributed by atoms with van der Waals surface area (Å²) in [5, 5.41) is 3.23. The molecule has 1 aromatic rings. The summed E-state index contributed by atoms with van der Waals surface area (Å²) in [6, 6.07) is 0.414. The summed E-state index contributed by atoms with van der Waals surface area (Å²) in [4.78, 5) is 24.2. The third-order valence-corrected chi connectivity index (χ3v) is 3.53. The van der Waals surface area contributed by atoms with Gasteiger partial charge in [-0.25, -0.2) is 9.78 Å². The number of rotatable bonds is 4. The molecule has 1 aromatic heterocycles. The maximum absolute atomic E-state index is 11.4. The molecule has 1 aliphatic rings. The average molecular weight is 279 g/mol. The van der Waals surface area contributed by atoms with Gasteiger partial charge < -0.3 is 15.0 Å². The van der Waals surface area contributed by atoms with E-state index >= 15 is 0 Å². The third-order valence-electron chi connectivity index (χ3n) is 3.53. The van der Waals surface area contributed by atoms with Crippen molar-refractivity contribution in [2.24, 2.45) is 0 Å². The van der Waals surface area contributed by atoms with Crippen molar-refractivity contribution in [2.45, 2.75) is 6.04 Å². The Morgan fingerprint density at radius 3 is 3.00 bits per heavy atom. The summed E-state index contributed by atoms with van der Waals surface area (Å²) in [6.07, 6.45) is 3.01. The number of likely N-dealkylation sites (N-methyl/N-ethyl adjacent to an activating group) is 2. The highest BCUT2D eigenvalue weighted by Gasteiger charge is 2.21. The molecule has 0 bridgehead atoms. The number of esters is 1. The molecule has 1 N–H and O–H groups in total. The monoisotopic (exact) mass is 279 g/mol. The number of nitrogens with one attached hydrogen (secondary N) is 1. The normalized spacial score (nSPS) is 20.6. The predicted molar refractivity (Wildman–Crippen MR) is 75.8 cm³/mol. The minimum Gasteiger partial charge on any atom is -0.464 e. The molecule has 1 unspecified atom stereocenters. The molecule has 0 aliphatic carbocycles. The van der Waals surface area contributed by atoms with Crippen molar-refractivity contribution in [1.82, 2.24) is 19.8 Å². The highest BCUT2D eigenvalue weighted by Crippen LogP contribution is 2.08. The fourth-order valence-corrected chi connectivity index (χ4v) is 2.20. The summed E-state index contributed by atoms with van der Waals surface area (Å²) >= 11 is 0. The zero-order chi connectivity index (χ0) is 14.5. The first kappa shape index (κ1) is 14.7. The smallest absolute Gasteiger partial charge is 0.358 e. The highest BCUT2D eigenvalue weighted by atomic mass is 16.5. The van der Waals surface area contributed by atoms with Crippen molar-refractivity contribution in [3.8, 4) is 0 Å². The van der Waals surface area contributed by atoms with Crippen LogP contribution < -0.4 is 5.32 Å². The van der Waals surface area contributed by atoms with Crippen molar-refractivity contribution in [3.05, 3.63) is 18.1 Å². The first-order valence-electron chi connectivity index (χ1n) is 6.63. The Bertz CT molecular complexity index is 468. The number of anilines is 1. The molecule has 0 saturated carbocycles. The molecule has 0 spiro atoms. The standard InChI is InChI=1S/C13H21N5O2/c1-17-4-5-18(2)10(9-17)6-15-12-8-14-7-11(16-12)13(19)20-3/h7-8,10H,4-6,9H2,1-3H3,(H,15,16). The number of ether oxygens (including phenoxy) is 1. The highest BCUT2D eigenvalue weighted by molar-refractivity contribution is 5.87. The van der Waals surface area contributed by atoms with Crippen molar-refractivity contribution < 1.29 is 9.53 Å². The van der Waals surface area contributed by atoms with E-state index in [1.165, 1.54) is 13.3 Å². The van der Waals surface area contributed by atoms with Crippen molar-refractivity contribution in [1.29, 1.82) is 0 Å². The van der Waals surface area contributed by atoms with Gasteiger partial charge in [0.1, 0.15) is 5.82 Å². The van der Waals surface area contributed by atoms with E-state index in [0.29, 0.717) is 11.9 Å². The molecule has 0 aromatic carbocycles. The maximum atomic E-state index is 11.4. The van der Waals surface area contributed by atoms with E-state index in [1.54, 1.807) is 6.20 Å². The van der Waals surface area contributed by atoms with Crippen molar-refractivity contribution in [3.63, 3.8) is 0 Å². The Morgan fingerprint density at radius 1 is 1.45 bits per heavy atom.